The first-order valence-electron chi connectivity index (χ1n) is 21.5. The van der Waals surface area contributed by atoms with Gasteiger partial charge in [-0.05, 0) is 79.3 Å². The Morgan fingerprint density at radius 2 is 1.22 bits per heavy atom. The largest absolute Gasteiger partial charge is 0.480 e. The number of carbonyl (C=O) groups excluding carboxylic acids is 2. The highest BCUT2D eigenvalue weighted by Crippen LogP contribution is 2.40. The van der Waals surface area contributed by atoms with E-state index in [1.807, 2.05) is 13.8 Å². The zero-order chi connectivity index (χ0) is 49.8. The number of aromatic nitrogens is 1. The van der Waals surface area contributed by atoms with Gasteiger partial charge >= 0.3 is 23.9 Å². The molecule has 0 bridgehead atoms. The molecule has 2 amide bonds. The summed E-state index contributed by atoms with van der Waals surface area (Å²) in [4.78, 5) is 87.5. The highest BCUT2D eigenvalue weighted by atomic mass is 16.5. The molecule has 0 saturated heterocycles. The van der Waals surface area contributed by atoms with Crippen molar-refractivity contribution in [2.45, 2.75) is 64.6 Å². The number of aliphatic imine (C=N–C) groups is 1. The van der Waals surface area contributed by atoms with Crippen LogP contribution < -0.4 is 20.1 Å². The lowest BCUT2D eigenvalue weighted by atomic mass is 9.98. The van der Waals surface area contributed by atoms with Crippen molar-refractivity contribution in [2.24, 2.45) is 4.99 Å². The van der Waals surface area contributed by atoms with Gasteiger partial charge in [0.2, 0.25) is 5.70 Å². The third-order valence-corrected chi connectivity index (χ3v) is 10.8. The second-order valence-corrected chi connectivity index (χ2v) is 15.5. The van der Waals surface area contributed by atoms with E-state index in [1.54, 1.807) is 66.7 Å². The minimum atomic E-state index is -1.48. The highest BCUT2D eigenvalue weighted by molar-refractivity contribution is 6.20. The summed E-state index contributed by atoms with van der Waals surface area (Å²) in [6.45, 7) is 12.1. The molecule has 0 aliphatic carbocycles. The average Bonchev–Trinajstić information content (AvgIpc) is 3.87. The van der Waals surface area contributed by atoms with E-state index in [1.165, 1.54) is 0 Å². The fourth-order valence-corrected chi connectivity index (χ4v) is 7.37. The molecule has 7 N–H and O–H groups in total. The molecule has 4 aromatic carbocycles. The molecule has 1 aliphatic heterocycles. The van der Waals surface area contributed by atoms with Crippen molar-refractivity contribution in [1.29, 1.82) is 5.26 Å². The number of benzene rings is 4. The molecule has 350 valence electrons. The molecule has 18 heteroatoms. The summed E-state index contributed by atoms with van der Waals surface area (Å²) in [6.07, 6.45) is 1.35. The number of unbranched alkanes of at least 4 members (excludes halogenated alkanes) is 2. The summed E-state index contributed by atoms with van der Waals surface area (Å²) in [5.41, 5.74) is 0.464. The van der Waals surface area contributed by atoms with Crippen LogP contribution in [-0.2, 0) is 9.59 Å². The van der Waals surface area contributed by atoms with Gasteiger partial charge in [-0.2, -0.15) is 5.26 Å². The number of allylic oxidation sites excluding steroid dienone is 1. The van der Waals surface area contributed by atoms with Crippen LogP contribution in [0.25, 0.3) is 27.6 Å². The van der Waals surface area contributed by atoms with Gasteiger partial charge in [0.1, 0.15) is 45.9 Å². The van der Waals surface area contributed by atoms with Crippen molar-refractivity contribution in [3.63, 3.8) is 0 Å². The lowest BCUT2D eigenvalue weighted by Gasteiger charge is -2.20. The maximum absolute atomic E-state index is 14.2. The second-order valence-electron chi connectivity index (χ2n) is 15.5. The number of nitrogens with one attached hydrogen (secondary N) is 3. The van der Waals surface area contributed by atoms with E-state index in [-0.39, 0.29) is 69.8 Å². The molecule has 2 atom stereocenters. The van der Waals surface area contributed by atoms with Gasteiger partial charge in [0, 0.05) is 11.1 Å². The first-order chi connectivity index (χ1) is 33.2. The van der Waals surface area contributed by atoms with E-state index in [0.717, 1.165) is 36.4 Å². The van der Waals surface area contributed by atoms with E-state index in [0.29, 0.717) is 47.9 Å². The van der Waals surface area contributed by atoms with Crippen LogP contribution >= 0.6 is 0 Å². The SMILES string of the molecule is [C-]#[N+]C1=C(c2ccccc2)C(=Cc2[nH]c(NC(=O)C(CCCC)Oc3ccc(C(=O)O)cc3C(=O)O)c(C#N)c2-c2ccccc2)N=C1NC(=O)C(CCCC)Oc1ccc(C(=O)O)cc1C(=O)O. The van der Waals surface area contributed by atoms with Crippen LogP contribution in [0.15, 0.2) is 113 Å². The zero-order valence-corrected chi connectivity index (χ0v) is 37.1. The van der Waals surface area contributed by atoms with Crippen LogP contribution in [0, 0.1) is 17.9 Å². The number of aromatic carboxylic acids is 4. The quantitative estimate of drug-likeness (QED) is 0.0360. The van der Waals surface area contributed by atoms with E-state index < -0.39 is 59.0 Å². The molecule has 18 nitrogen and oxygen atoms in total. The Morgan fingerprint density at radius 3 is 1.67 bits per heavy atom. The Bertz CT molecular complexity index is 3010. The Hall–Kier alpha value is -9.29. The van der Waals surface area contributed by atoms with Gasteiger partial charge in [0.25, 0.3) is 11.8 Å². The predicted molar refractivity (Wildman–Crippen MR) is 252 cm³/mol. The number of hydrogen-bond acceptors (Lipinski definition) is 10. The second kappa shape index (κ2) is 22.3. The maximum atomic E-state index is 14.2. The topological polar surface area (TPSA) is 282 Å². The number of amides is 2. The Morgan fingerprint density at radius 1 is 0.725 bits per heavy atom. The summed E-state index contributed by atoms with van der Waals surface area (Å²) in [5, 5.41) is 54.8. The number of carbonyl (C=O) groups is 6. The lowest BCUT2D eigenvalue weighted by Crippen LogP contribution is -2.41. The lowest BCUT2D eigenvalue weighted by molar-refractivity contribution is -0.127. The van der Waals surface area contributed by atoms with Crippen LogP contribution in [0.1, 0.15) is 111 Å². The number of ether oxygens (including phenoxy) is 2. The number of amidine groups is 1. The van der Waals surface area contributed by atoms with Crippen LogP contribution in [0.3, 0.4) is 0 Å². The van der Waals surface area contributed by atoms with Gasteiger partial charge in [-0.25, -0.2) is 29.0 Å². The fraction of sp³-hybridized carbons (Fsp3) is 0.196. The van der Waals surface area contributed by atoms with E-state index in [4.69, 9.17) is 21.0 Å². The molecule has 0 radical (unpaired) electrons. The van der Waals surface area contributed by atoms with E-state index >= 15 is 0 Å². The van der Waals surface area contributed by atoms with Crippen molar-refractivity contribution in [1.82, 2.24) is 10.3 Å². The van der Waals surface area contributed by atoms with Gasteiger partial charge < -0.3 is 45.5 Å². The Labute approximate surface area is 394 Å². The number of hydrogen-bond donors (Lipinski definition) is 7. The van der Waals surface area contributed by atoms with Gasteiger partial charge in [-0.1, -0.05) is 87.4 Å². The maximum Gasteiger partial charge on any atom is 0.339 e. The van der Waals surface area contributed by atoms with Crippen LogP contribution in [0.2, 0.25) is 0 Å². The van der Waals surface area contributed by atoms with Crippen molar-refractivity contribution in [2.75, 3.05) is 5.32 Å². The summed E-state index contributed by atoms with van der Waals surface area (Å²) in [6, 6.07) is 26.1. The molecule has 2 unspecified atom stereocenters. The fourth-order valence-electron chi connectivity index (χ4n) is 7.37. The molecule has 0 fully saturated rings. The molecule has 0 spiro atoms. The molecule has 5 aromatic rings. The smallest absolute Gasteiger partial charge is 0.339 e. The molecule has 1 aromatic heterocycles. The molecule has 6 rings (SSSR count). The zero-order valence-electron chi connectivity index (χ0n) is 37.1. The van der Waals surface area contributed by atoms with Crippen molar-refractivity contribution >= 4 is 59.0 Å². The number of carboxylic acids is 4. The van der Waals surface area contributed by atoms with Gasteiger partial charge in [0.05, 0.1) is 29.1 Å². The Kier molecular flexibility index (Phi) is 15.9. The number of aromatic amines is 1. The molecule has 2 heterocycles. The number of nitrogens with zero attached hydrogens (tertiary/aromatic N) is 3. The standard InChI is InChI=1S/C51H44N6O12/c1-4-6-18-39(68-37-22-20-30(48(60)61)24-32(37)50(64)65)46(58)56-44-34(27-52)41(28-14-10-8-11-15-28)35(54-44)26-36-42(29-16-12-9-13-17-29)43(53-3)45(55-36)57-47(59)40(19-7-5-2)69-38-23-21-31(49(62)63)25-33(38)51(66)67/h8-17,20-26,39-40,54H,4-7,18-19H2,1-2H3,(H,56,58)(H,60,61)(H,62,63)(H,64,65)(H,66,67)(H,55,57,59). The van der Waals surface area contributed by atoms with Crippen molar-refractivity contribution in [3.05, 3.63) is 159 Å². The highest BCUT2D eigenvalue weighted by Gasteiger charge is 2.32. The van der Waals surface area contributed by atoms with Crippen molar-refractivity contribution < 1.29 is 58.7 Å². The minimum Gasteiger partial charge on any atom is -0.480 e. The number of H-pyrrole nitrogens is 1. The average molecular weight is 933 g/mol. The first kappa shape index (κ1) is 49.2. The summed E-state index contributed by atoms with van der Waals surface area (Å²) in [5.74, 6) is -7.91. The van der Waals surface area contributed by atoms with Crippen LogP contribution in [-0.4, -0.2) is 79.1 Å². The monoisotopic (exact) mass is 932 g/mol. The summed E-state index contributed by atoms with van der Waals surface area (Å²) in [7, 11) is 0. The third kappa shape index (κ3) is 11.4. The number of carboxylic acid groups (broad SMARTS) is 4. The van der Waals surface area contributed by atoms with Crippen LogP contribution in [0.4, 0.5) is 5.82 Å². The predicted octanol–water partition coefficient (Wildman–Crippen LogP) is 8.76. The van der Waals surface area contributed by atoms with Gasteiger partial charge in [-0.3, -0.25) is 9.59 Å². The van der Waals surface area contributed by atoms with Crippen molar-refractivity contribution in [3.8, 4) is 28.7 Å². The van der Waals surface area contributed by atoms with Gasteiger partial charge in [0.15, 0.2) is 12.2 Å². The van der Waals surface area contributed by atoms with E-state index in [9.17, 15) is 54.5 Å². The molecular formula is C51H44N6O12. The Balaban J connectivity index is 1.43. The first-order valence-corrected chi connectivity index (χ1v) is 21.5. The van der Waals surface area contributed by atoms with Crippen LogP contribution in [0.5, 0.6) is 11.5 Å². The summed E-state index contributed by atoms with van der Waals surface area (Å²) >= 11 is 0. The number of nitriles is 1. The summed E-state index contributed by atoms with van der Waals surface area (Å²) < 4.78 is 11.9. The molecule has 1 aliphatic rings. The number of rotatable bonds is 20. The third-order valence-electron chi connectivity index (χ3n) is 10.8. The molecular weight excluding hydrogens is 889 g/mol. The number of anilines is 1. The normalized spacial score (nSPS) is 13.3. The minimum absolute atomic E-state index is 0.00754. The van der Waals surface area contributed by atoms with E-state index in [2.05, 4.69) is 26.5 Å². The molecule has 0 saturated carbocycles. The van der Waals surface area contributed by atoms with Gasteiger partial charge in [-0.15, -0.1) is 0 Å². The molecule has 69 heavy (non-hydrogen) atoms.